The number of carbonyl (C=O) groups excluding carboxylic acids is 1. The highest BCUT2D eigenvalue weighted by atomic mass is 32.1. The van der Waals surface area contributed by atoms with Gasteiger partial charge in [0.2, 0.25) is 0 Å². The van der Waals surface area contributed by atoms with E-state index in [1.807, 2.05) is 0 Å². The lowest BCUT2D eigenvalue weighted by Gasteiger charge is -2.12. The van der Waals surface area contributed by atoms with Crippen LogP contribution in [0.5, 0.6) is 0 Å². The average Bonchev–Trinajstić information content (AvgIpc) is 1.84. The fourth-order valence-electron chi connectivity index (χ4n) is 0.418. The molecular weight excluding hydrogens is 136 g/mol. The molecule has 0 spiro atoms. The summed E-state index contributed by atoms with van der Waals surface area (Å²) in [4.78, 5) is 10.5. The first-order chi connectivity index (χ1) is 4.09. The summed E-state index contributed by atoms with van der Waals surface area (Å²) >= 11 is 3.99. The zero-order valence-electron chi connectivity index (χ0n) is 5.37. The molecule has 0 aromatic heterocycles. The molecule has 0 aliphatic heterocycles. The number of rotatable bonds is 3. The van der Waals surface area contributed by atoms with Crippen molar-refractivity contribution < 1.29 is 4.79 Å². The second kappa shape index (κ2) is 3.87. The first-order valence-corrected chi connectivity index (χ1v) is 3.25. The number of carbonyl (C=O) groups is 1. The smallest absolute Gasteiger partial charge is 0.147 e. The van der Waals surface area contributed by atoms with Crippen molar-refractivity contribution in [2.45, 2.75) is 18.2 Å². The van der Waals surface area contributed by atoms with Crippen LogP contribution in [0.4, 0.5) is 0 Å². The van der Waals surface area contributed by atoms with Crippen LogP contribution in [0, 0.1) is 0 Å². The van der Waals surface area contributed by atoms with E-state index in [0.717, 1.165) is 0 Å². The van der Waals surface area contributed by atoms with E-state index in [1.54, 1.807) is 0 Å². The van der Waals surface area contributed by atoms with Gasteiger partial charge < -0.3 is 11.5 Å². The molecular formula is C5H12N2OS. The molecule has 0 radical (unpaired) electrons. The van der Waals surface area contributed by atoms with Crippen molar-refractivity contribution in [1.29, 1.82) is 0 Å². The molecule has 0 heterocycles. The predicted molar refractivity (Wildman–Crippen MR) is 40.5 cm³/mol. The minimum atomic E-state index is -0.515. The molecule has 0 amide bonds. The third kappa shape index (κ3) is 2.84. The van der Waals surface area contributed by atoms with Crippen molar-refractivity contribution >= 4 is 18.4 Å². The standard InChI is InChI=1S/C5H12N2OS/c1-3(8)5(7)4(9)2-6/h4-5,9H,2,6-7H2,1H3. The zero-order valence-corrected chi connectivity index (χ0v) is 6.27. The molecule has 4 heteroatoms. The van der Waals surface area contributed by atoms with E-state index >= 15 is 0 Å². The van der Waals surface area contributed by atoms with Gasteiger partial charge in [0.15, 0.2) is 0 Å². The Kier molecular flexibility index (Phi) is 3.84. The first kappa shape index (κ1) is 8.94. The lowest BCUT2D eigenvalue weighted by atomic mass is 10.1. The van der Waals surface area contributed by atoms with Gasteiger partial charge in [-0.05, 0) is 6.92 Å². The highest BCUT2D eigenvalue weighted by Crippen LogP contribution is 1.97. The summed E-state index contributed by atoms with van der Waals surface area (Å²) < 4.78 is 0. The van der Waals surface area contributed by atoms with E-state index < -0.39 is 6.04 Å². The number of hydrogen-bond donors (Lipinski definition) is 3. The van der Waals surface area contributed by atoms with E-state index in [9.17, 15) is 4.79 Å². The second-order valence-corrected chi connectivity index (χ2v) is 2.60. The van der Waals surface area contributed by atoms with E-state index in [-0.39, 0.29) is 11.0 Å². The summed E-state index contributed by atoms with van der Waals surface area (Å²) in [5.41, 5.74) is 10.6. The molecule has 9 heavy (non-hydrogen) atoms. The minimum Gasteiger partial charge on any atom is -0.329 e. The van der Waals surface area contributed by atoms with Crippen molar-refractivity contribution in [3.8, 4) is 0 Å². The van der Waals surface area contributed by atoms with Gasteiger partial charge in [-0.2, -0.15) is 12.6 Å². The van der Waals surface area contributed by atoms with Crippen LogP contribution in [-0.4, -0.2) is 23.6 Å². The van der Waals surface area contributed by atoms with Crippen molar-refractivity contribution in [3.05, 3.63) is 0 Å². The SMILES string of the molecule is CC(=O)C(N)C(S)CN. The van der Waals surface area contributed by atoms with Gasteiger partial charge in [-0.1, -0.05) is 0 Å². The zero-order chi connectivity index (χ0) is 7.44. The molecule has 0 bridgehead atoms. The van der Waals surface area contributed by atoms with Crippen LogP contribution < -0.4 is 11.5 Å². The Morgan fingerprint density at radius 3 is 2.33 bits per heavy atom. The summed E-state index contributed by atoms with van der Waals surface area (Å²) in [5.74, 6) is -0.0690. The maximum absolute atomic E-state index is 10.5. The van der Waals surface area contributed by atoms with E-state index in [1.165, 1.54) is 6.92 Å². The number of Topliss-reactive ketones (excluding diaryl/α,β-unsaturated/α-hetero) is 1. The molecule has 0 aliphatic rings. The Labute approximate surface area is 60.2 Å². The highest BCUT2D eigenvalue weighted by molar-refractivity contribution is 7.81. The van der Waals surface area contributed by atoms with Gasteiger partial charge in [-0.15, -0.1) is 0 Å². The van der Waals surface area contributed by atoms with E-state index in [0.29, 0.717) is 6.54 Å². The van der Waals surface area contributed by atoms with Crippen molar-refractivity contribution in [1.82, 2.24) is 0 Å². The molecule has 0 aliphatic carbocycles. The lowest BCUT2D eigenvalue weighted by molar-refractivity contribution is -0.118. The van der Waals surface area contributed by atoms with Crippen molar-refractivity contribution in [3.63, 3.8) is 0 Å². The van der Waals surface area contributed by atoms with Crippen LogP contribution >= 0.6 is 12.6 Å². The molecule has 2 unspecified atom stereocenters. The fraction of sp³-hybridized carbons (Fsp3) is 0.800. The number of thiol groups is 1. The monoisotopic (exact) mass is 148 g/mol. The topological polar surface area (TPSA) is 69.1 Å². The van der Waals surface area contributed by atoms with Crippen molar-refractivity contribution in [2.75, 3.05) is 6.54 Å². The second-order valence-electron chi connectivity index (χ2n) is 1.94. The molecule has 0 saturated carbocycles. The van der Waals surface area contributed by atoms with Gasteiger partial charge in [0.1, 0.15) is 5.78 Å². The highest BCUT2D eigenvalue weighted by Gasteiger charge is 2.15. The normalized spacial score (nSPS) is 16.9. The van der Waals surface area contributed by atoms with Gasteiger partial charge >= 0.3 is 0 Å². The average molecular weight is 148 g/mol. The van der Waals surface area contributed by atoms with Crippen molar-refractivity contribution in [2.24, 2.45) is 11.5 Å². The molecule has 0 rings (SSSR count). The number of ketones is 1. The predicted octanol–water partition coefficient (Wildman–Crippen LogP) is -0.840. The molecule has 0 saturated heterocycles. The van der Waals surface area contributed by atoms with Gasteiger partial charge in [0.05, 0.1) is 6.04 Å². The Hall–Kier alpha value is -0.0600. The van der Waals surface area contributed by atoms with Crippen LogP contribution in [-0.2, 0) is 4.79 Å². The Morgan fingerprint density at radius 1 is 1.78 bits per heavy atom. The first-order valence-electron chi connectivity index (χ1n) is 2.73. The summed E-state index contributed by atoms with van der Waals surface area (Å²) in [5, 5.41) is -0.206. The Bertz CT molecular complexity index is 107. The lowest BCUT2D eigenvalue weighted by Crippen LogP contribution is -2.41. The van der Waals surface area contributed by atoms with Crippen LogP contribution in [0.15, 0.2) is 0 Å². The molecule has 3 nitrogen and oxygen atoms in total. The summed E-state index contributed by atoms with van der Waals surface area (Å²) in [7, 11) is 0. The van der Waals surface area contributed by atoms with Crippen LogP contribution in [0.3, 0.4) is 0 Å². The van der Waals surface area contributed by atoms with Gasteiger partial charge in [-0.25, -0.2) is 0 Å². The molecule has 4 N–H and O–H groups in total. The third-order valence-corrected chi connectivity index (χ3v) is 1.66. The van der Waals surface area contributed by atoms with Crippen LogP contribution in [0.2, 0.25) is 0 Å². The van der Waals surface area contributed by atoms with Crippen LogP contribution in [0.1, 0.15) is 6.92 Å². The fourth-order valence-corrected chi connectivity index (χ4v) is 0.627. The minimum absolute atomic E-state index is 0.0690. The van der Waals surface area contributed by atoms with Crippen LogP contribution in [0.25, 0.3) is 0 Å². The maximum Gasteiger partial charge on any atom is 0.147 e. The molecule has 0 aromatic carbocycles. The van der Waals surface area contributed by atoms with Gasteiger partial charge in [-0.3, -0.25) is 4.79 Å². The summed E-state index contributed by atoms with van der Waals surface area (Å²) in [6.07, 6.45) is 0. The molecule has 0 fully saturated rings. The maximum atomic E-state index is 10.5. The quantitative estimate of drug-likeness (QED) is 0.457. The molecule has 2 atom stereocenters. The Morgan fingerprint density at radius 2 is 2.22 bits per heavy atom. The van der Waals surface area contributed by atoms with E-state index in [4.69, 9.17) is 11.5 Å². The number of nitrogens with two attached hydrogens (primary N) is 2. The summed E-state index contributed by atoms with van der Waals surface area (Å²) in [6, 6.07) is -0.515. The van der Waals surface area contributed by atoms with Gasteiger partial charge in [0, 0.05) is 11.8 Å². The third-order valence-electron chi connectivity index (χ3n) is 1.13. The Balaban J connectivity index is 3.72. The summed E-state index contributed by atoms with van der Waals surface area (Å²) in [6.45, 7) is 1.77. The largest absolute Gasteiger partial charge is 0.329 e. The molecule has 0 aromatic rings. The van der Waals surface area contributed by atoms with Gasteiger partial charge in [0.25, 0.3) is 0 Å². The number of hydrogen-bond acceptors (Lipinski definition) is 4. The molecule has 54 valence electrons. The van der Waals surface area contributed by atoms with E-state index in [2.05, 4.69) is 12.6 Å².